The van der Waals surface area contributed by atoms with Crippen LogP contribution < -0.4 is 5.46 Å². The van der Waals surface area contributed by atoms with Crippen LogP contribution in [0.5, 0.6) is 0 Å². The SMILES string of the molecule is C=Cc1ccc(B(O)OCC(C)(C)C)cc1.OCCO. The van der Waals surface area contributed by atoms with Gasteiger partial charge in [0.15, 0.2) is 0 Å². The lowest BCUT2D eigenvalue weighted by Gasteiger charge is -2.19. The summed E-state index contributed by atoms with van der Waals surface area (Å²) in [7, 11) is -0.849. The van der Waals surface area contributed by atoms with E-state index in [4.69, 9.17) is 14.9 Å². The molecule has 0 aliphatic heterocycles. The Hall–Kier alpha value is -1.14. The van der Waals surface area contributed by atoms with Gasteiger partial charge in [0.25, 0.3) is 0 Å². The average Bonchev–Trinajstić information content (AvgIpc) is 2.44. The Kier molecular flexibility index (Phi) is 9.17. The molecular formula is C15H25BO4. The van der Waals surface area contributed by atoms with Crippen LogP contribution in [0.3, 0.4) is 0 Å². The van der Waals surface area contributed by atoms with Gasteiger partial charge in [-0.05, 0) is 16.4 Å². The number of benzene rings is 1. The van der Waals surface area contributed by atoms with Crippen LogP contribution in [0.2, 0.25) is 0 Å². The fourth-order valence-electron chi connectivity index (χ4n) is 1.22. The van der Waals surface area contributed by atoms with E-state index in [1.54, 1.807) is 6.08 Å². The highest BCUT2D eigenvalue weighted by atomic mass is 16.5. The first-order valence-corrected chi connectivity index (χ1v) is 6.58. The lowest BCUT2D eigenvalue weighted by Crippen LogP contribution is -2.36. The fourth-order valence-corrected chi connectivity index (χ4v) is 1.22. The quantitative estimate of drug-likeness (QED) is 0.705. The molecule has 1 aromatic rings. The van der Waals surface area contributed by atoms with E-state index < -0.39 is 7.12 Å². The van der Waals surface area contributed by atoms with Crippen molar-refractivity contribution in [1.29, 1.82) is 0 Å². The van der Waals surface area contributed by atoms with Crippen molar-refractivity contribution in [3.63, 3.8) is 0 Å². The zero-order valence-corrected chi connectivity index (χ0v) is 12.5. The van der Waals surface area contributed by atoms with E-state index in [1.807, 2.05) is 24.3 Å². The number of hydrogen-bond donors (Lipinski definition) is 3. The van der Waals surface area contributed by atoms with E-state index in [1.165, 1.54) is 0 Å². The molecule has 0 bridgehead atoms. The highest BCUT2D eigenvalue weighted by Crippen LogP contribution is 2.13. The molecular weight excluding hydrogens is 255 g/mol. The van der Waals surface area contributed by atoms with Gasteiger partial charge in [-0.3, -0.25) is 0 Å². The van der Waals surface area contributed by atoms with Crippen molar-refractivity contribution < 1.29 is 19.9 Å². The van der Waals surface area contributed by atoms with Gasteiger partial charge in [0, 0.05) is 6.61 Å². The van der Waals surface area contributed by atoms with Crippen LogP contribution in [0.15, 0.2) is 30.8 Å². The summed E-state index contributed by atoms with van der Waals surface area (Å²) in [5.74, 6) is 0. The van der Waals surface area contributed by atoms with E-state index in [9.17, 15) is 5.02 Å². The molecule has 0 spiro atoms. The van der Waals surface area contributed by atoms with Crippen molar-refractivity contribution in [3.8, 4) is 0 Å². The predicted molar refractivity (Wildman–Crippen MR) is 83.7 cm³/mol. The molecule has 1 rings (SSSR count). The van der Waals surface area contributed by atoms with Gasteiger partial charge in [0.1, 0.15) is 0 Å². The van der Waals surface area contributed by atoms with Crippen molar-refractivity contribution in [1.82, 2.24) is 0 Å². The van der Waals surface area contributed by atoms with E-state index in [0.717, 1.165) is 11.0 Å². The molecule has 4 nitrogen and oxygen atoms in total. The van der Waals surface area contributed by atoms with Crippen LogP contribution in [-0.4, -0.2) is 42.2 Å². The molecule has 0 atom stereocenters. The molecule has 0 saturated carbocycles. The first kappa shape index (κ1) is 18.9. The molecule has 0 aromatic heterocycles. The van der Waals surface area contributed by atoms with Crippen molar-refractivity contribution in [2.75, 3.05) is 19.8 Å². The Morgan fingerprint density at radius 3 is 2.00 bits per heavy atom. The summed E-state index contributed by atoms with van der Waals surface area (Å²) in [6, 6.07) is 7.52. The van der Waals surface area contributed by atoms with Crippen LogP contribution >= 0.6 is 0 Å². The monoisotopic (exact) mass is 280 g/mol. The van der Waals surface area contributed by atoms with Crippen LogP contribution in [0.1, 0.15) is 26.3 Å². The summed E-state index contributed by atoms with van der Waals surface area (Å²) in [4.78, 5) is 0. The van der Waals surface area contributed by atoms with Crippen molar-refractivity contribution in [3.05, 3.63) is 36.4 Å². The smallest absolute Gasteiger partial charge is 0.423 e. The Bertz CT molecular complexity index is 368. The van der Waals surface area contributed by atoms with Crippen LogP contribution in [0.25, 0.3) is 6.08 Å². The van der Waals surface area contributed by atoms with Gasteiger partial charge in [-0.25, -0.2) is 0 Å². The number of hydrogen-bond acceptors (Lipinski definition) is 4. The molecule has 0 radical (unpaired) electrons. The minimum absolute atomic E-state index is 0.0576. The summed E-state index contributed by atoms with van der Waals surface area (Å²) in [6.07, 6.45) is 1.77. The molecule has 0 amide bonds. The lowest BCUT2D eigenvalue weighted by atomic mass is 9.78. The average molecular weight is 280 g/mol. The highest BCUT2D eigenvalue weighted by Gasteiger charge is 2.19. The summed E-state index contributed by atoms with van der Waals surface area (Å²) >= 11 is 0. The maximum Gasteiger partial charge on any atom is 0.491 e. The second-order valence-electron chi connectivity index (χ2n) is 5.54. The predicted octanol–water partition coefficient (Wildman–Crippen LogP) is 1.05. The largest absolute Gasteiger partial charge is 0.491 e. The number of aliphatic hydroxyl groups excluding tert-OH is 2. The molecule has 0 unspecified atom stereocenters. The standard InChI is InChI=1S/C13H19BO2.C2H6O2/c1-5-11-6-8-12(9-7-11)14(15)16-10-13(2,3)4;3-1-2-4/h5-9,15H,1,10H2,2-4H3;3-4H,1-2H2. The molecule has 0 aliphatic rings. The zero-order valence-electron chi connectivity index (χ0n) is 12.5. The zero-order chi connectivity index (χ0) is 15.6. The first-order chi connectivity index (χ1) is 9.34. The summed E-state index contributed by atoms with van der Waals surface area (Å²) in [5.41, 5.74) is 1.86. The van der Waals surface area contributed by atoms with Gasteiger partial charge in [0.05, 0.1) is 13.2 Å². The molecule has 20 heavy (non-hydrogen) atoms. The minimum Gasteiger partial charge on any atom is -0.423 e. The molecule has 1 aromatic carbocycles. The third kappa shape index (κ3) is 8.88. The van der Waals surface area contributed by atoms with Gasteiger partial charge in [-0.15, -0.1) is 0 Å². The van der Waals surface area contributed by atoms with Crippen LogP contribution in [-0.2, 0) is 4.65 Å². The molecule has 0 saturated heterocycles. The van der Waals surface area contributed by atoms with Gasteiger partial charge in [-0.2, -0.15) is 0 Å². The van der Waals surface area contributed by atoms with Gasteiger partial charge < -0.3 is 19.9 Å². The van der Waals surface area contributed by atoms with E-state index in [0.29, 0.717) is 6.61 Å². The van der Waals surface area contributed by atoms with E-state index in [2.05, 4.69) is 27.4 Å². The van der Waals surface area contributed by atoms with Crippen molar-refractivity contribution in [2.45, 2.75) is 20.8 Å². The van der Waals surface area contributed by atoms with Gasteiger partial charge in [-0.1, -0.05) is 57.7 Å². The maximum atomic E-state index is 9.80. The Balaban J connectivity index is 0.000000796. The Labute approximate surface area is 121 Å². The highest BCUT2D eigenvalue weighted by molar-refractivity contribution is 6.59. The van der Waals surface area contributed by atoms with Crippen LogP contribution in [0, 0.1) is 5.41 Å². The molecule has 0 aliphatic carbocycles. The summed E-state index contributed by atoms with van der Waals surface area (Å²) in [5, 5.41) is 25.0. The van der Waals surface area contributed by atoms with E-state index >= 15 is 0 Å². The first-order valence-electron chi connectivity index (χ1n) is 6.58. The molecule has 5 heteroatoms. The second-order valence-corrected chi connectivity index (χ2v) is 5.54. The molecule has 3 N–H and O–H groups in total. The Morgan fingerprint density at radius 1 is 1.15 bits per heavy atom. The maximum absolute atomic E-state index is 9.80. The summed E-state index contributed by atoms with van der Waals surface area (Å²) < 4.78 is 5.40. The van der Waals surface area contributed by atoms with Crippen molar-refractivity contribution in [2.24, 2.45) is 5.41 Å². The second kappa shape index (κ2) is 9.72. The normalized spacial score (nSPS) is 10.5. The fraction of sp³-hybridized carbons (Fsp3) is 0.467. The van der Waals surface area contributed by atoms with Gasteiger partial charge in [0.2, 0.25) is 0 Å². The number of rotatable bonds is 5. The summed E-state index contributed by atoms with van der Waals surface area (Å²) in [6.45, 7) is 10.2. The van der Waals surface area contributed by atoms with Gasteiger partial charge >= 0.3 is 7.12 Å². The third-order valence-electron chi connectivity index (χ3n) is 2.23. The van der Waals surface area contributed by atoms with Crippen LogP contribution in [0.4, 0.5) is 0 Å². The van der Waals surface area contributed by atoms with E-state index in [-0.39, 0.29) is 18.6 Å². The molecule has 0 heterocycles. The molecule has 112 valence electrons. The Morgan fingerprint density at radius 2 is 1.65 bits per heavy atom. The molecule has 0 fully saturated rings. The lowest BCUT2D eigenvalue weighted by molar-refractivity contribution is 0.174. The third-order valence-corrected chi connectivity index (χ3v) is 2.23. The minimum atomic E-state index is -0.849. The number of aliphatic hydroxyl groups is 2. The van der Waals surface area contributed by atoms with Crippen molar-refractivity contribution >= 4 is 18.7 Å². The topological polar surface area (TPSA) is 69.9 Å².